The molecule has 0 amide bonds. The molecule has 144 valence electrons. The van der Waals surface area contributed by atoms with Gasteiger partial charge in [-0.2, -0.15) is 0 Å². The predicted octanol–water partition coefficient (Wildman–Crippen LogP) is 1.28. The molecule has 1 aliphatic heterocycles. The van der Waals surface area contributed by atoms with E-state index in [1.807, 2.05) is 20.0 Å². The maximum atomic E-state index is 10.7. The zero-order valence-corrected chi connectivity index (χ0v) is 17.9. The van der Waals surface area contributed by atoms with Crippen LogP contribution in [0.1, 0.15) is 20.8 Å². The lowest BCUT2D eigenvalue weighted by Gasteiger charge is -2.44. The fourth-order valence-electron chi connectivity index (χ4n) is 4.85. The van der Waals surface area contributed by atoms with E-state index in [2.05, 4.69) is 75.2 Å². The summed E-state index contributed by atoms with van der Waals surface area (Å²) in [7, 11) is -0.847. The third kappa shape index (κ3) is 2.56. The minimum absolute atomic E-state index is 0.140. The van der Waals surface area contributed by atoms with Gasteiger partial charge < -0.3 is 14.3 Å². The standard InChI is InChI=1S/C23H27BO3Si/c1-5-23-18(25)21(24)26-19(23)20(23)27-28(22(2,3)4,16-12-8-6-9-13-16)17-14-10-7-11-15-17/h1,6-15,18-21,25H,24H2,2-4H3/t18-,19+,20?,21+,23+/m0/s1. The molecule has 2 aromatic carbocycles. The van der Waals surface area contributed by atoms with Crippen LogP contribution in [0.15, 0.2) is 60.7 Å². The number of hydrogen-bond acceptors (Lipinski definition) is 3. The molecular weight excluding hydrogens is 363 g/mol. The highest BCUT2D eigenvalue weighted by molar-refractivity contribution is 6.99. The number of fused-ring (bicyclic) bond motifs is 1. The minimum Gasteiger partial charge on any atom is -0.400 e. The third-order valence-electron chi connectivity index (χ3n) is 6.37. The molecule has 0 bridgehead atoms. The van der Waals surface area contributed by atoms with Gasteiger partial charge in [-0.3, -0.25) is 0 Å². The average Bonchev–Trinajstić information content (AvgIpc) is 3.22. The van der Waals surface area contributed by atoms with Crippen molar-refractivity contribution in [2.45, 2.75) is 50.1 Å². The lowest BCUT2D eigenvalue weighted by atomic mass is 9.86. The molecule has 1 unspecified atom stereocenters. The first-order chi connectivity index (χ1) is 13.3. The molecule has 2 aliphatic rings. The van der Waals surface area contributed by atoms with E-state index in [0.29, 0.717) is 0 Å². The zero-order chi connectivity index (χ0) is 20.2. The Kier molecular flexibility index (Phi) is 4.59. The van der Waals surface area contributed by atoms with Gasteiger partial charge in [0.1, 0.15) is 19.4 Å². The number of ether oxygens (including phenoxy) is 1. The monoisotopic (exact) mass is 390 g/mol. The fraction of sp³-hybridized carbons (Fsp3) is 0.391. The number of hydrogen-bond donors (Lipinski definition) is 1. The molecule has 1 aliphatic carbocycles. The quantitative estimate of drug-likeness (QED) is 0.632. The van der Waals surface area contributed by atoms with E-state index >= 15 is 0 Å². The van der Waals surface area contributed by atoms with Crippen molar-refractivity contribution in [3.05, 3.63) is 60.7 Å². The number of benzene rings is 2. The van der Waals surface area contributed by atoms with Crippen molar-refractivity contribution in [1.82, 2.24) is 0 Å². The highest BCUT2D eigenvalue weighted by Crippen LogP contribution is 2.60. The number of aliphatic hydroxyl groups is 1. The summed E-state index contributed by atoms with van der Waals surface area (Å²) < 4.78 is 13.1. The second-order valence-electron chi connectivity index (χ2n) is 8.99. The van der Waals surface area contributed by atoms with Gasteiger partial charge in [-0.25, -0.2) is 0 Å². The van der Waals surface area contributed by atoms with Gasteiger partial charge in [-0.05, 0) is 15.4 Å². The van der Waals surface area contributed by atoms with Crippen LogP contribution in [0.4, 0.5) is 0 Å². The molecular formula is C23H27BO3Si. The Morgan fingerprint density at radius 1 is 1.07 bits per heavy atom. The van der Waals surface area contributed by atoms with Crippen LogP contribution in [0.2, 0.25) is 5.04 Å². The first kappa shape index (κ1) is 19.5. The van der Waals surface area contributed by atoms with Crippen LogP contribution in [0.5, 0.6) is 0 Å². The van der Waals surface area contributed by atoms with Gasteiger partial charge in [0.25, 0.3) is 8.32 Å². The maximum absolute atomic E-state index is 10.7. The summed E-state index contributed by atoms with van der Waals surface area (Å²) in [4.78, 5) is 0. The van der Waals surface area contributed by atoms with Crippen molar-refractivity contribution in [1.29, 1.82) is 0 Å². The van der Waals surface area contributed by atoms with E-state index in [9.17, 15) is 5.11 Å². The summed E-state index contributed by atoms with van der Waals surface area (Å²) in [5.74, 6) is 2.84. The van der Waals surface area contributed by atoms with Crippen molar-refractivity contribution in [3.8, 4) is 12.3 Å². The van der Waals surface area contributed by atoms with Crippen LogP contribution in [-0.4, -0.2) is 45.6 Å². The Bertz CT molecular complexity index is 850. The molecule has 1 saturated heterocycles. The summed E-state index contributed by atoms with van der Waals surface area (Å²) in [5.41, 5.74) is -0.744. The van der Waals surface area contributed by atoms with Crippen LogP contribution in [0, 0.1) is 17.8 Å². The Hall–Kier alpha value is -1.84. The molecule has 4 rings (SSSR count). The van der Waals surface area contributed by atoms with Crippen LogP contribution in [0.3, 0.4) is 0 Å². The summed E-state index contributed by atoms with van der Waals surface area (Å²) >= 11 is 0. The van der Waals surface area contributed by atoms with Gasteiger partial charge >= 0.3 is 0 Å². The first-order valence-corrected chi connectivity index (χ1v) is 11.8. The average molecular weight is 390 g/mol. The molecule has 0 radical (unpaired) electrons. The van der Waals surface area contributed by atoms with Crippen molar-refractivity contribution in [2.24, 2.45) is 5.41 Å². The van der Waals surface area contributed by atoms with Crippen molar-refractivity contribution in [2.75, 3.05) is 0 Å². The molecule has 1 saturated carbocycles. The highest BCUT2D eigenvalue weighted by Gasteiger charge is 2.77. The fourth-order valence-corrected chi connectivity index (χ4v) is 9.56. The largest absolute Gasteiger partial charge is 0.400 e. The lowest BCUT2D eigenvalue weighted by molar-refractivity contribution is 0.00978. The van der Waals surface area contributed by atoms with Crippen LogP contribution in [-0.2, 0) is 9.16 Å². The van der Waals surface area contributed by atoms with Crippen molar-refractivity contribution < 1.29 is 14.3 Å². The van der Waals surface area contributed by atoms with E-state index in [1.54, 1.807) is 0 Å². The van der Waals surface area contributed by atoms with E-state index < -0.39 is 19.8 Å². The summed E-state index contributed by atoms with van der Waals surface area (Å²) in [6.45, 7) is 6.71. The van der Waals surface area contributed by atoms with Gasteiger partial charge in [0, 0.05) is 0 Å². The van der Waals surface area contributed by atoms with Gasteiger partial charge in [-0.1, -0.05) is 87.4 Å². The molecule has 28 heavy (non-hydrogen) atoms. The Balaban J connectivity index is 1.85. The number of aliphatic hydroxyl groups excluding tert-OH is 1. The van der Waals surface area contributed by atoms with Crippen LogP contribution in [0.25, 0.3) is 0 Å². The van der Waals surface area contributed by atoms with Gasteiger partial charge in [0.2, 0.25) is 0 Å². The van der Waals surface area contributed by atoms with Gasteiger partial charge in [-0.15, -0.1) is 6.42 Å². The summed E-state index contributed by atoms with van der Waals surface area (Å²) in [6, 6.07) is 20.7. The SMILES string of the molecule is B[C@@H]1O[C@@H]2C(O[Si](c3ccccc3)(c3ccccc3)C(C)(C)C)[C@]2(C#C)[C@H]1O. The molecule has 3 nitrogen and oxygen atoms in total. The van der Waals surface area contributed by atoms with Crippen molar-refractivity contribution in [3.63, 3.8) is 0 Å². The predicted molar refractivity (Wildman–Crippen MR) is 117 cm³/mol. The van der Waals surface area contributed by atoms with Crippen LogP contribution < -0.4 is 10.4 Å². The van der Waals surface area contributed by atoms with Crippen molar-refractivity contribution >= 4 is 26.5 Å². The smallest absolute Gasteiger partial charge is 0.261 e. The van der Waals surface area contributed by atoms with E-state index in [-0.39, 0.29) is 23.2 Å². The Morgan fingerprint density at radius 3 is 1.96 bits per heavy atom. The normalized spacial score (nSPS) is 31.8. The summed E-state index contributed by atoms with van der Waals surface area (Å²) in [6.07, 6.45) is 4.66. The lowest BCUT2D eigenvalue weighted by Crippen LogP contribution is -2.67. The Morgan fingerprint density at radius 2 is 1.57 bits per heavy atom. The molecule has 5 heteroatoms. The maximum Gasteiger partial charge on any atom is 0.261 e. The van der Waals surface area contributed by atoms with Gasteiger partial charge in [0.15, 0.2) is 0 Å². The summed E-state index contributed by atoms with van der Waals surface area (Å²) in [5, 5.41) is 13.0. The van der Waals surface area contributed by atoms with Crippen LogP contribution >= 0.6 is 0 Å². The third-order valence-corrected chi connectivity index (χ3v) is 11.4. The molecule has 5 atom stereocenters. The second kappa shape index (κ2) is 6.60. The Labute approximate surface area is 169 Å². The molecule has 1 heterocycles. The second-order valence-corrected chi connectivity index (χ2v) is 13.2. The minimum atomic E-state index is -2.72. The van der Waals surface area contributed by atoms with Gasteiger partial charge in [0.05, 0.1) is 18.2 Å². The molecule has 0 spiro atoms. The molecule has 2 fully saturated rings. The highest BCUT2D eigenvalue weighted by atomic mass is 28.4. The van der Waals surface area contributed by atoms with E-state index in [4.69, 9.17) is 15.6 Å². The molecule has 2 aromatic rings. The topological polar surface area (TPSA) is 38.7 Å². The number of rotatable bonds is 4. The first-order valence-electron chi connectivity index (χ1n) is 9.89. The zero-order valence-electron chi connectivity index (χ0n) is 16.9. The number of terminal acetylenes is 1. The molecule has 0 aromatic heterocycles. The van der Waals surface area contributed by atoms with E-state index in [0.717, 1.165) is 0 Å². The molecule has 1 N–H and O–H groups in total. The van der Waals surface area contributed by atoms with E-state index in [1.165, 1.54) is 10.4 Å².